The van der Waals surface area contributed by atoms with E-state index in [2.05, 4.69) is 160 Å². The maximum atomic E-state index is 13.5. The normalized spacial score (nSPS) is 19.5. The van der Waals surface area contributed by atoms with Gasteiger partial charge in [-0.05, 0) is 122 Å². The van der Waals surface area contributed by atoms with Crippen molar-refractivity contribution in [1.82, 2.24) is 5.32 Å². The minimum atomic E-state index is -1.65. The van der Waals surface area contributed by atoms with Gasteiger partial charge in [-0.25, -0.2) is 0 Å². The molecule has 84 heavy (non-hydrogen) atoms. The molecule has 476 valence electrons. The Bertz CT molecular complexity index is 1920. The second-order valence-corrected chi connectivity index (χ2v) is 22.1. The van der Waals surface area contributed by atoms with Crippen molar-refractivity contribution in [3.63, 3.8) is 0 Å². The molecular formula is C73H119NO10. The van der Waals surface area contributed by atoms with Crippen molar-refractivity contribution in [3.8, 4) is 0 Å². The van der Waals surface area contributed by atoms with E-state index in [0.29, 0.717) is 12.8 Å². The minimum absolute atomic E-state index is 0.0585. The molecule has 11 heteroatoms. The molecule has 8 atom stereocenters. The second kappa shape index (κ2) is 58.9. The first-order valence-electron chi connectivity index (χ1n) is 33.1. The van der Waals surface area contributed by atoms with Gasteiger partial charge in [-0.2, -0.15) is 0 Å². The van der Waals surface area contributed by atoms with Crippen LogP contribution in [0.3, 0.4) is 0 Å². The summed E-state index contributed by atoms with van der Waals surface area (Å²) in [6.07, 6.45) is 74.5. The average Bonchev–Trinajstić information content (AvgIpc) is 3.69. The standard InChI is InChI=1S/C73H119NO10/c1-4-7-10-13-16-19-22-25-27-29-31-33-35-36-38-40-42-45-48-51-54-57-60-66(77)72(81)74-64(65(76)59-56-53-50-47-44-24-21-18-15-12-9-6-3)63-82-73-71(70(80)69(79)67(62-75)83-73)84-68(78)61-58-55-52-49-46-43-41-39-37-34-32-30-28-26-23-20-17-14-11-8-5-2/h7-8,10-11,16-17,19-20,25-28,31-34,36,38-39,41,46,49,56,59,64-67,69-71,73,75-77,79-80H,4-6,9,12-15,18,21-24,29-30,35,37,40,42-45,47-48,50-55,57-58,60-63H2,1-3H3,(H,74,81)/b10-7-,11-8-,19-16-,20-17-,27-25-,28-26-,33-31-,34-32-,38-36-,41-39-,49-46-,59-56+. The number of unbranched alkanes of at least 4 members (excludes halogenated alkanes) is 18. The van der Waals surface area contributed by atoms with E-state index in [1.54, 1.807) is 6.08 Å². The summed E-state index contributed by atoms with van der Waals surface area (Å²) in [7, 11) is 0. The zero-order chi connectivity index (χ0) is 61.0. The second-order valence-electron chi connectivity index (χ2n) is 22.1. The summed E-state index contributed by atoms with van der Waals surface area (Å²) in [6.45, 7) is 5.52. The summed E-state index contributed by atoms with van der Waals surface area (Å²) in [4.78, 5) is 26.6. The number of aliphatic hydroxyl groups excluding tert-OH is 5. The SMILES string of the molecule is CC/C=C\C/C=C\C/C=C\C/C=C\C/C=C\C/C=C\CCCCC(=O)OC1C(OCC(NC(=O)C(O)CCCCCCCC/C=C\C/C=C\C/C=C\C/C=C\C/C=C\CC)C(O)/C=C/CCCCCCCCCCCC)OC(CO)C(O)C1O. The summed E-state index contributed by atoms with van der Waals surface area (Å²) in [6, 6.07) is -1.05. The molecule has 1 aliphatic rings. The summed E-state index contributed by atoms with van der Waals surface area (Å²) in [5, 5.41) is 57.1. The molecule has 0 aromatic heterocycles. The van der Waals surface area contributed by atoms with Gasteiger partial charge < -0.3 is 45.1 Å². The molecule has 0 spiro atoms. The van der Waals surface area contributed by atoms with E-state index in [1.807, 2.05) is 6.08 Å². The predicted octanol–water partition coefficient (Wildman–Crippen LogP) is 16.6. The van der Waals surface area contributed by atoms with Crippen LogP contribution in [0, 0.1) is 0 Å². The Kier molecular flexibility index (Phi) is 54.4. The number of hydrogen-bond donors (Lipinski definition) is 6. The van der Waals surface area contributed by atoms with E-state index in [4.69, 9.17) is 14.2 Å². The molecule has 0 aromatic rings. The highest BCUT2D eigenvalue weighted by molar-refractivity contribution is 5.80. The van der Waals surface area contributed by atoms with E-state index in [1.165, 1.54) is 44.9 Å². The first-order valence-corrected chi connectivity index (χ1v) is 33.1. The van der Waals surface area contributed by atoms with Crippen molar-refractivity contribution in [2.24, 2.45) is 0 Å². The number of aliphatic hydroxyl groups is 5. The number of ether oxygens (including phenoxy) is 3. The fourth-order valence-electron chi connectivity index (χ4n) is 9.33. The topological polar surface area (TPSA) is 175 Å². The number of esters is 1. The van der Waals surface area contributed by atoms with Crippen LogP contribution in [0.5, 0.6) is 0 Å². The molecule has 1 aliphatic heterocycles. The lowest BCUT2D eigenvalue weighted by molar-refractivity contribution is -0.305. The molecule has 1 heterocycles. The first kappa shape index (κ1) is 77.6. The molecule has 6 N–H and O–H groups in total. The van der Waals surface area contributed by atoms with Crippen LogP contribution in [0.4, 0.5) is 0 Å². The third-order valence-corrected chi connectivity index (χ3v) is 14.5. The molecule has 0 saturated carbocycles. The van der Waals surface area contributed by atoms with Crippen LogP contribution in [0.1, 0.15) is 239 Å². The van der Waals surface area contributed by atoms with Gasteiger partial charge in [-0.1, -0.05) is 256 Å². The Hall–Kier alpha value is -4.46. The maximum absolute atomic E-state index is 13.5. The van der Waals surface area contributed by atoms with Crippen LogP contribution in [0.25, 0.3) is 0 Å². The molecule has 0 aromatic carbocycles. The van der Waals surface area contributed by atoms with Crippen LogP contribution in [-0.4, -0.2) is 99.6 Å². The van der Waals surface area contributed by atoms with Crippen LogP contribution in [0.15, 0.2) is 146 Å². The molecule has 1 saturated heterocycles. The van der Waals surface area contributed by atoms with Gasteiger partial charge in [0.15, 0.2) is 12.4 Å². The summed E-state index contributed by atoms with van der Waals surface area (Å²) in [5.41, 5.74) is 0. The van der Waals surface area contributed by atoms with Crippen LogP contribution >= 0.6 is 0 Å². The van der Waals surface area contributed by atoms with E-state index in [0.717, 1.165) is 148 Å². The average molecular weight is 1170 g/mol. The molecule has 8 unspecified atom stereocenters. The molecular weight excluding hydrogens is 1050 g/mol. The van der Waals surface area contributed by atoms with Crippen LogP contribution < -0.4 is 5.32 Å². The predicted molar refractivity (Wildman–Crippen MR) is 351 cm³/mol. The first-order chi connectivity index (χ1) is 41.2. The number of carbonyl (C=O) groups excluding carboxylic acids is 2. The number of allylic oxidation sites excluding steroid dienone is 23. The van der Waals surface area contributed by atoms with Gasteiger partial charge in [-0.3, -0.25) is 9.59 Å². The highest BCUT2D eigenvalue weighted by Gasteiger charge is 2.47. The highest BCUT2D eigenvalue weighted by Crippen LogP contribution is 2.26. The lowest BCUT2D eigenvalue weighted by Gasteiger charge is -2.41. The number of carbonyl (C=O) groups is 2. The monoisotopic (exact) mass is 1170 g/mol. The highest BCUT2D eigenvalue weighted by atomic mass is 16.7. The van der Waals surface area contributed by atoms with Crippen molar-refractivity contribution in [1.29, 1.82) is 0 Å². The number of hydrogen-bond acceptors (Lipinski definition) is 10. The van der Waals surface area contributed by atoms with Gasteiger partial charge in [0.05, 0.1) is 25.4 Å². The number of rotatable bonds is 54. The smallest absolute Gasteiger partial charge is 0.306 e. The fraction of sp³-hybridized carbons (Fsp3) is 0.644. The van der Waals surface area contributed by atoms with Crippen molar-refractivity contribution in [3.05, 3.63) is 146 Å². The van der Waals surface area contributed by atoms with Gasteiger partial charge in [0, 0.05) is 6.42 Å². The lowest BCUT2D eigenvalue weighted by Crippen LogP contribution is -2.61. The minimum Gasteiger partial charge on any atom is -0.454 e. The Morgan fingerprint density at radius 1 is 0.476 bits per heavy atom. The quantitative estimate of drug-likeness (QED) is 0.0195. The third-order valence-electron chi connectivity index (χ3n) is 14.5. The Balaban J connectivity index is 2.68. The molecule has 0 aliphatic carbocycles. The molecule has 1 fully saturated rings. The summed E-state index contributed by atoms with van der Waals surface area (Å²) >= 11 is 0. The maximum Gasteiger partial charge on any atom is 0.306 e. The molecule has 0 bridgehead atoms. The fourth-order valence-corrected chi connectivity index (χ4v) is 9.33. The van der Waals surface area contributed by atoms with Crippen molar-refractivity contribution in [2.75, 3.05) is 13.2 Å². The van der Waals surface area contributed by atoms with E-state index < -0.39 is 67.4 Å². The largest absolute Gasteiger partial charge is 0.454 e. The Morgan fingerprint density at radius 2 is 0.857 bits per heavy atom. The number of amides is 1. The number of nitrogens with one attached hydrogen (secondary N) is 1. The Labute approximate surface area is 511 Å². The Morgan fingerprint density at radius 3 is 1.29 bits per heavy atom. The van der Waals surface area contributed by atoms with Crippen LogP contribution in [-0.2, 0) is 23.8 Å². The van der Waals surface area contributed by atoms with Crippen molar-refractivity contribution < 1.29 is 49.3 Å². The molecule has 11 nitrogen and oxygen atoms in total. The van der Waals surface area contributed by atoms with Crippen molar-refractivity contribution >= 4 is 11.9 Å². The van der Waals surface area contributed by atoms with Gasteiger partial charge in [0.2, 0.25) is 5.91 Å². The third kappa shape index (κ3) is 45.8. The molecule has 0 radical (unpaired) electrons. The summed E-state index contributed by atoms with van der Waals surface area (Å²) < 4.78 is 17.6. The zero-order valence-electron chi connectivity index (χ0n) is 52.7. The van der Waals surface area contributed by atoms with Gasteiger partial charge >= 0.3 is 5.97 Å². The van der Waals surface area contributed by atoms with Gasteiger partial charge in [0.1, 0.15) is 24.4 Å². The van der Waals surface area contributed by atoms with Gasteiger partial charge in [-0.15, -0.1) is 0 Å². The van der Waals surface area contributed by atoms with Crippen LogP contribution in [0.2, 0.25) is 0 Å². The van der Waals surface area contributed by atoms with E-state index in [9.17, 15) is 35.1 Å². The van der Waals surface area contributed by atoms with Crippen molar-refractivity contribution in [2.45, 2.75) is 288 Å². The molecule has 1 rings (SSSR count). The lowest BCUT2D eigenvalue weighted by atomic mass is 9.99. The van der Waals surface area contributed by atoms with E-state index >= 15 is 0 Å². The molecule has 1 amide bonds. The zero-order valence-corrected chi connectivity index (χ0v) is 52.7. The van der Waals surface area contributed by atoms with E-state index in [-0.39, 0.29) is 19.4 Å². The van der Waals surface area contributed by atoms with Gasteiger partial charge in [0.25, 0.3) is 0 Å². The summed E-state index contributed by atoms with van der Waals surface area (Å²) in [5.74, 6) is -1.26.